The van der Waals surface area contributed by atoms with Crippen molar-refractivity contribution in [3.05, 3.63) is 0 Å². The highest BCUT2D eigenvalue weighted by atomic mass is 16.6. The van der Waals surface area contributed by atoms with E-state index in [1.54, 1.807) is 20.8 Å². The second kappa shape index (κ2) is 6.27. The van der Waals surface area contributed by atoms with E-state index in [4.69, 9.17) is 9.47 Å². The molecule has 0 fully saturated rings. The Balaban J connectivity index is 3.72. The molecule has 5 heteroatoms. The Labute approximate surface area is 90.1 Å². The maximum absolute atomic E-state index is 11.1. The lowest BCUT2D eigenvalue weighted by molar-refractivity contribution is 0.0510. The molecule has 0 aliphatic rings. The smallest absolute Gasteiger partial charge is 0.417 e. The molecular weight excluding hydrogens is 198 g/mol. The molecule has 5 nitrogen and oxygen atoms in total. The van der Waals surface area contributed by atoms with Gasteiger partial charge in [-0.2, -0.15) is 0 Å². The van der Waals surface area contributed by atoms with E-state index in [0.29, 0.717) is 6.61 Å². The number of amides is 2. The average Bonchev–Trinajstić information content (AvgIpc) is 2.00. The van der Waals surface area contributed by atoms with Gasteiger partial charge in [0, 0.05) is 0 Å². The molecule has 0 aromatic carbocycles. The average molecular weight is 217 g/mol. The molecule has 15 heavy (non-hydrogen) atoms. The molecule has 0 unspecified atom stereocenters. The quantitative estimate of drug-likeness (QED) is 0.737. The van der Waals surface area contributed by atoms with Gasteiger partial charge >= 0.3 is 12.2 Å². The molecule has 0 aromatic heterocycles. The Hall–Kier alpha value is -1.26. The summed E-state index contributed by atoms with van der Waals surface area (Å²) >= 11 is 0. The van der Waals surface area contributed by atoms with Gasteiger partial charge in [-0.1, -0.05) is 13.3 Å². The van der Waals surface area contributed by atoms with Crippen molar-refractivity contribution in [3.8, 4) is 0 Å². The van der Waals surface area contributed by atoms with E-state index in [0.717, 1.165) is 12.8 Å². The topological polar surface area (TPSA) is 64.6 Å². The van der Waals surface area contributed by atoms with Crippen LogP contribution >= 0.6 is 0 Å². The first-order valence-corrected chi connectivity index (χ1v) is 5.02. The fourth-order valence-electron chi connectivity index (χ4n) is 0.732. The van der Waals surface area contributed by atoms with Gasteiger partial charge in [0.1, 0.15) is 5.60 Å². The van der Waals surface area contributed by atoms with E-state index in [2.05, 4.69) is 0 Å². The highest BCUT2D eigenvalue weighted by molar-refractivity contribution is 5.87. The lowest BCUT2D eigenvalue weighted by Gasteiger charge is -2.19. The van der Waals surface area contributed by atoms with E-state index < -0.39 is 17.8 Å². The van der Waals surface area contributed by atoms with Crippen LogP contribution in [0.25, 0.3) is 0 Å². The molecule has 0 heterocycles. The summed E-state index contributed by atoms with van der Waals surface area (Å²) in [6.45, 7) is 7.44. The van der Waals surface area contributed by atoms with E-state index >= 15 is 0 Å². The van der Waals surface area contributed by atoms with Crippen molar-refractivity contribution in [3.63, 3.8) is 0 Å². The van der Waals surface area contributed by atoms with Crippen molar-refractivity contribution in [2.24, 2.45) is 0 Å². The molecule has 0 spiro atoms. The number of hydrogen-bond acceptors (Lipinski definition) is 4. The van der Waals surface area contributed by atoms with Crippen LogP contribution in [0.4, 0.5) is 9.59 Å². The number of ether oxygens (including phenoxy) is 2. The molecule has 2 amide bonds. The van der Waals surface area contributed by atoms with E-state index in [9.17, 15) is 9.59 Å². The monoisotopic (exact) mass is 217 g/mol. The zero-order valence-electron chi connectivity index (χ0n) is 9.75. The fourth-order valence-corrected chi connectivity index (χ4v) is 0.732. The first kappa shape index (κ1) is 13.7. The summed E-state index contributed by atoms with van der Waals surface area (Å²) in [6, 6.07) is 0. The summed E-state index contributed by atoms with van der Waals surface area (Å²) in [5, 5.41) is 1.97. The van der Waals surface area contributed by atoms with Crippen LogP contribution in [0.5, 0.6) is 0 Å². The van der Waals surface area contributed by atoms with E-state index in [-0.39, 0.29) is 0 Å². The molecule has 0 aromatic rings. The van der Waals surface area contributed by atoms with Crippen LogP contribution in [0.15, 0.2) is 0 Å². The van der Waals surface area contributed by atoms with Crippen LogP contribution in [0.2, 0.25) is 0 Å². The van der Waals surface area contributed by atoms with Crippen LogP contribution in [0, 0.1) is 0 Å². The van der Waals surface area contributed by atoms with Gasteiger partial charge in [-0.05, 0) is 27.2 Å². The number of rotatable bonds is 3. The molecule has 0 aliphatic heterocycles. The Morgan fingerprint density at radius 2 is 1.80 bits per heavy atom. The largest absolute Gasteiger partial charge is 0.449 e. The zero-order valence-corrected chi connectivity index (χ0v) is 9.75. The van der Waals surface area contributed by atoms with Crippen molar-refractivity contribution in [1.82, 2.24) is 5.32 Å². The second-order valence-corrected chi connectivity index (χ2v) is 4.12. The summed E-state index contributed by atoms with van der Waals surface area (Å²) in [6.07, 6.45) is 0.156. The molecule has 1 N–H and O–H groups in total. The second-order valence-electron chi connectivity index (χ2n) is 4.12. The lowest BCUT2D eigenvalue weighted by atomic mass is 10.2. The highest BCUT2D eigenvalue weighted by Gasteiger charge is 2.18. The van der Waals surface area contributed by atoms with Crippen molar-refractivity contribution >= 4 is 12.2 Å². The van der Waals surface area contributed by atoms with Crippen molar-refractivity contribution in [2.75, 3.05) is 6.61 Å². The molecule has 0 saturated carbocycles. The molecule has 88 valence electrons. The van der Waals surface area contributed by atoms with Crippen molar-refractivity contribution < 1.29 is 19.1 Å². The van der Waals surface area contributed by atoms with Gasteiger partial charge in [0.2, 0.25) is 0 Å². The van der Waals surface area contributed by atoms with Gasteiger partial charge in [0.25, 0.3) is 0 Å². The number of unbranched alkanes of at least 4 members (excludes halogenated alkanes) is 1. The molecule has 0 saturated heterocycles. The summed E-state index contributed by atoms with van der Waals surface area (Å²) in [5.41, 5.74) is -0.617. The number of carbonyl (C=O) groups is 2. The zero-order chi connectivity index (χ0) is 11.9. The van der Waals surface area contributed by atoms with Gasteiger partial charge in [-0.15, -0.1) is 0 Å². The summed E-state index contributed by atoms with van der Waals surface area (Å²) in [4.78, 5) is 22.0. The van der Waals surface area contributed by atoms with Gasteiger partial charge in [-0.3, -0.25) is 0 Å². The molecule has 0 rings (SSSR count). The Bertz CT molecular complexity index is 220. The normalized spacial score (nSPS) is 10.7. The molecule has 0 atom stereocenters. The summed E-state index contributed by atoms with van der Waals surface area (Å²) in [5.74, 6) is 0. The van der Waals surface area contributed by atoms with E-state index in [1.807, 2.05) is 12.2 Å². The van der Waals surface area contributed by atoms with Crippen LogP contribution in [-0.2, 0) is 9.47 Å². The molecule has 0 bridgehead atoms. The minimum atomic E-state index is -0.788. The van der Waals surface area contributed by atoms with Crippen LogP contribution < -0.4 is 5.32 Å². The van der Waals surface area contributed by atoms with Crippen molar-refractivity contribution in [2.45, 2.75) is 46.1 Å². The van der Waals surface area contributed by atoms with Gasteiger partial charge in [0.15, 0.2) is 0 Å². The highest BCUT2D eigenvalue weighted by Crippen LogP contribution is 2.06. The SMILES string of the molecule is CCCCOC(=O)NC(=O)OC(C)(C)C. The third-order valence-electron chi connectivity index (χ3n) is 1.33. The third kappa shape index (κ3) is 9.05. The first-order chi connectivity index (χ1) is 6.85. The summed E-state index contributed by atoms with van der Waals surface area (Å²) in [7, 11) is 0. The standard InChI is InChI=1S/C10H19NO4/c1-5-6-7-14-8(12)11-9(13)15-10(2,3)4/h5-7H2,1-4H3,(H,11,12,13). The third-order valence-corrected chi connectivity index (χ3v) is 1.33. The van der Waals surface area contributed by atoms with Crippen molar-refractivity contribution in [1.29, 1.82) is 0 Å². The van der Waals surface area contributed by atoms with Gasteiger partial charge in [-0.25, -0.2) is 14.9 Å². The van der Waals surface area contributed by atoms with E-state index in [1.165, 1.54) is 0 Å². The Morgan fingerprint density at radius 1 is 1.20 bits per heavy atom. The summed E-state index contributed by atoms with van der Waals surface area (Å²) < 4.78 is 9.58. The predicted octanol–water partition coefficient (Wildman–Crippen LogP) is 2.45. The fraction of sp³-hybridized carbons (Fsp3) is 0.800. The number of hydrogen-bond donors (Lipinski definition) is 1. The lowest BCUT2D eigenvalue weighted by Crippen LogP contribution is -2.36. The molecular formula is C10H19NO4. The van der Waals surface area contributed by atoms with Crippen LogP contribution in [-0.4, -0.2) is 24.4 Å². The minimum Gasteiger partial charge on any atom is -0.449 e. The predicted molar refractivity (Wildman–Crippen MR) is 55.6 cm³/mol. The number of carbonyl (C=O) groups excluding carboxylic acids is 2. The molecule has 0 radical (unpaired) electrons. The van der Waals surface area contributed by atoms with Gasteiger partial charge in [0.05, 0.1) is 6.61 Å². The van der Waals surface area contributed by atoms with Gasteiger partial charge < -0.3 is 9.47 Å². The first-order valence-electron chi connectivity index (χ1n) is 5.02. The Kier molecular flexibility index (Phi) is 5.74. The maximum atomic E-state index is 11.1. The number of imide groups is 1. The number of alkyl carbamates (subject to hydrolysis) is 2. The Morgan fingerprint density at radius 3 is 2.27 bits per heavy atom. The van der Waals surface area contributed by atoms with Crippen LogP contribution in [0.3, 0.4) is 0 Å². The maximum Gasteiger partial charge on any atom is 0.417 e. The van der Waals surface area contributed by atoms with Crippen LogP contribution in [0.1, 0.15) is 40.5 Å². The minimum absolute atomic E-state index is 0.311. The number of nitrogens with one attached hydrogen (secondary N) is 1. The molecule has 0 aliphatic carbocycles.